The largest absolute Gasteiger partial charge is 0.333 e. The summed E-state index contributed by atoms with van der Waals surface area (Å²) < 4.78 is 0. The number of piperidine rings is 1. The molecule has 1 spiro atoms. The standard InChI is InChI=1S/C14H18N4OS/c1-9(2)18-5-3-14(4-6-18)10(7-15)12(19)17-13(20)11(14)8-16/h9-10,20H,3-6H2,1-2H3,(H,17,19)/p+1/t10-/m1/s1. The van der Waals surface area contributed by atoms with Crippen LogP contribution in [0.5, 0.6) is 0 Å². The molecule has 1 amide bonds. The van der Waals surface area contributed by atoms with Gasteiger partial charge in [0.2, 0.25) is 5.91 Å². The van der Waals surface area contributed by atoms with Gasteiger partial charge in [0, 0.05) is 18.3 Å². The summed E-state index contributed by atoms with van der Waals surface area (Å²) in [5.41, 5.74) is -0.184. The van der Waals surface area contributed by atoms with E-state index in [0.717, 1.165) is 13.1 Å². The van der Waals surface area contributed by atoms with Crippen molar-refractivity contribution >= 4 is 18.5 Å². The maximum atomic E-state index is 12.1. The van der Waals surface area contributed by atoms with Crippen LogP contribution in [-0.4, -0.2) is 25.0 Å². The van der Waals surface area contributed by atoms with Gasteiger partial charge >= 0.3 is 0 Å². The zero-order chi connectivity index (χ0) is 14.9. The molecule has 0 aromatic carbocycles. The summed E-state index contributed by atoms with van der Waals surface area (Å²) in [7, 11) is 0. The molecule has 0 aliphatic carbocycles. The number of hydrogen-bond acceptors (Lipinski definition) is 4. The quantitative estimate of drug-likeness (QED) is 0.595. The summed E-state index contributed by atoms with van der Waals surface area (Å²) in [6.45, 7) is 6.06. The van der Waals surface area contributed by atoms with E-state index in [1.165, 1.54) is 4.90 Å². The van der Waals surface area contributed by atoms with E-state index < -0.39 is 11.3 Å². The number of nitrogens with zero attached hydrogens (tertiary/aromatic N) is 2. The normalized spacial score (nSPS) is 33.8. The van der Waals surface area contributed by atoms with Crippen molar-refractivity contribution in [1.82, 2.24) is 5.32 Å². The summed E-state index contributed by atoms with van der Waals surface area (Å²) in [6.07, 6.45) is 1.36. The molecule has 2 rings (SSSR count). The Morgan fingerprint density at radius 3 is 2.45 bits per heavy atom. The molecule has 1 atom stereocenters. The first-order chi connectivity index (χ1) is 9.46. The first-order valence-corrected chi connectivity index (χ1v) is 7.30. The summed E-state index contributed by atoms with van der Waals surface area (Å²) in [5, 5.41) is 21.7. The van der Waals surface area contributed by atoms with E-state index in [-0.39, 0.29) is 5.91 Å². The number of carbonyl (C=O) groups is 1. The van der Waals surface area contributed by atoms with Crippen LogP contribution in [0.2, 0.25) is 0 Å². The monoisotopic (exact) mass is 291 g/mol. The minimum atomic E-state index is -0.790. The van der Waals surface area contributed by atoms with Crippen LogP contribution in [0, 0.1) is 34.0 Å². The molecule has 5 nitrogen and oxygen atoms in total. The maximum Gasteiger partial charge on any atom is 0.243 e. The van der Waals surface area contributed by atoms with Gasteiger partial charge in [-0.3, -0.25) is 4.79 Å². The molecule has 0 saturated carbocycles. The van der Waals surface area contributed by atoms with Gasteiger partial charge in [-0.05, 0) is 13.8 Å². The third-order valence-corrected chi connectivity index (χ3v) is 4.97. The average molecular weight is 291 g/mol. The van der Waals surface area contributed by atoms with Gasteiger partial charge < -0.3 is 10.2 Å². The highest BCUT2D eigenvalue weighted by molar-refractivity contribution is 7.84. The first kappa shape index (κ1) is 14.9. The number of allylic oxidation sites excluding steroid dienone is 1. The summed E-state index contributed by atoms with van der Waals surface area (Å²) in [4.78, 5) is 13.5. The van der Waals surface area contributed by atoms with Crippen molar-refractivity contribution in [2.45, 2.75) is 32.7 Å². The predicted octanol–water partition coefficient (Wildman–Crippen LogP) is -0.00554. The van der Waals surface area contributed by atoms with Crippen LogP contribution in [0.15, 0.2) is 10.6 Å². The van der Waals surface area contributed by atoms with Gasteiger partial charge in [-0.1, -0.05) is 0 Å². The lowest BCUT2D eigenvalue weighted by Crippen LogP contribution is -3.16. The molecule has 0 radical (unpaired) electrons. The Hall–Kier alpha value is -1.50. The molecule has 1 fully saturated rings. The van der Waals surface area contributed by atoms with Crippen LogP contribution in [0.1, 0.15) is 26.7 Å². The lowest BCUT2D eigenvalue weighted by Gasteiger charge is -2.44. The lowest BCUT2D eigenvalue weighted by atomic mass is 9.63. The van der Waals surface area contributed by atoms with Gasteiger partial charge in [0.25, 0.3) is 0 Å². The number of amides is 1. The number of quaternary nitrogens is 1. The number of rotatable bonds is 1. The lowest BCUT2D eigenvalue weighted by molar-refractivity contribution is -0.928. The number of hydrogen-bond donors (Lipinski definition) is 3. The zero-order valence-electron chi connectivity index (χ0n) is 11.7. The van der Waals surface area contributed by atoms with Gasteiger partial charge in [-0.25, -0.2) is 0 Å². The Labute approximate surface area is 124 Å². The third-order valence-electron chi connectivity index (χ3n) is 4.63. The van der Waals surface area contributed by atoms with Crippen molar-refractivity contribution in [2.24, 2.45) is 11.3 Å². The van der Waals surface area contributed by atoms with E-state index in [1.807, 2.05) is 0 Å². The predicted molar refractivity (Wildman–Crippen MR) is 76.4 cm³/mol. The van der Waals surface area contributed by atoms with Crippen LogP contribution >= 0.6 is 12.6 Å². The number of thiol groups is 1. The van der Waals surface area contributed by atoms with Gasteiger partial charge in [-0.2, -0.15) is 10.5 Å². The Kier molecular flexibility index (Phi) is 4.08. The first-order valence-electron chi connectivity index (χ1n) is 6.85. The Balaban J connectivity index is 2.40. The highest BCUT2D eigenvalue weighted by Crippen LogP contribution is 2.46. The van der Waals surface area contributed by atoms with Crippen LogP contribution in [0.4, 0.5) is 0 Å². The van der Waals surface area contributed by atoms with Gasteiger partial charge in [0.1, 0.15) is 5.92 Å². The van der Waals surface area contributed by atoms with E-state index in [4.69, 9.17) is 0 Å². The molecule has 20 heavy (non-hydrogen) atoms. The van der Waals surface area contributed by atoms with E-state index in [1.54, 1.807) is 0 Å². The average Bonchev–Trinajstić information content (AvgIpc) is 2.39. The summed E-state index contributed by atoms with van der Waals surface area (Å²) in [6, 6.07) is 4.78. The van der Waals surface area contributed by atoms with Crippen LogP contribution in [-0.2, 0) is 4.79 Å². The molecule has 0 aromatic rings. The Morgan fingerprint density at radius 1 is 1.40 bits per heavy atom. The molecule has 2 N–H and O–H groups in total. The molecule has 2 heterocycles. The highest BCUT2D eigenvalue weighted by Gasteiger charge is 2.53. The van der Waals surface area contributed by atoms with Crippen molar-refractivity contribution < 1.29 is 9.69 Å². The van der Waals surface area contributed by atoms with E-state index in [0.29, 0.717) is 29.5 Å². The second-order valence-electron chi connectivity index (χ2n) is 5.86. The third kappa shape index (κ3) is 2.19. The minimum absolute atomic E-state index is 0.317. The van der Waals surface area contributed by atoms with E-state index in [9.17, 15) is 15.3 Å². The van der Waals surface area contributed by atoms with Gasteiger partial charge in [-0.15, -0.1) is 12.6 Å². The topological polar surface area (TPSA) is 81.1 Å². The van der Waals surface area contributed by atoms with E-state index in [2.05, 4.69) is 43.9 Å². The number of likely N-dealkylation sites (tertiary alicyclic amines) is 1. The summed E-state index contributed by atoms with van der Waals surface area (Å²) >= 11 is 4.23. The van der Waals surface area contributed by atoms with Crippen molar-refractivity contribution in [3.8, 4) is 12.1 Å². The number of nitrogens with one attached hydrogen (secondary N) is 2. The van der Waals surface area contributed by atoms with Crippen molar-refractivity contribution in [3.63, 3.8) is 0 Å². The molecular formula is C14H19N4OS+. The van der Waals surface area contributed by atoms with E-state index >= 15 is 0 Å². The van der Waals surface area contributed by atoms with Crippen LogP contribution < -0.4 is 10.2 Å². The number of carbonyl (C=O) groups excluding carboxylic acids is 1. The van der Waals surface area contributed by atoms with Crippen LogP contribution in [0.25, 0.3) is 0 Å². The van der Waals surface area contributed by atoms with Gasteiger partial charge in [0.15, 0.2) is 0 Å². The molecule has 106 valence electrons. The number of nitriles is 2. The highest BCUT2D eigenvalue weighted by atomic mass is 32.1. The SMILES string of the molecule is CC(C)[NH+]1CCC2(CC1)C(C#N)=C(S)NC(=O)[C@H]2C#N. The Morgan fingerprint density at radius 2 is 2.00 bits per heavy atom. The fourth-order valence-corrected chi connectivity index (χ4v) is 3.75. The Bertz CT molecular complexity index is 532. The molecular weight excluding hydrogens is 272 g/mol. The molecule has 2 aliphatic heterocycles. The van der Waals surface area contributed by atoms with Crippen molar-refractivity contribution in [1.29, 1.82) is 10.5 Å². The van der Waals surface area contributed by atoms with Crippen molar-refractivity contribution in [2.75, 3.05) is 13.1 Å². The summed E-state index contributed by atoms with van der Waals surface area (Å²) in [5.74, 6) is -1.12. The second-order valence-corrected chi connectivity index (χ2v) is 6.30. The van der Waals surface area contributed by atoms with Crippen LogP contribution in [0.3, 0.4) is 0 Å². The second kappa shape index (κ2) is 5.47. The maximum absolute atomic E-state index is 12.1. The molecule has 1 saturated heterocycles. The molecule has 2 aliphatic rings. The molecule has 0 bridgehead atoms. The zero-order valence-corrected chi connectivity index (χ0v) is 12.6. The molecule has 0 aromatic heterocycles. The van der Waals surface area contributed by atoms with Crippen molar-refractivity contribution in [3.05, 3.63) is 10.6 Å². The smallest absolute Gasteiger partial charge is 0.243 e. The molecule has 0 unspecified atom stereocenters. The minimum Gasteiger partial charge on any atom is -0.333 e. The fraction of sp³-hybridized carbons (Fsp3) is 0.643. The molecule has 6 heteroatoms. The van der Waals surface area contributed by atoms with Gasteiger partial charge in [0.05, 0.1) is 41.9 Å². The fourth-order valence-electron chi connectivity index (χ4n) is 3.36.